The highest BCUT2D eigenvalue weighted by atomic mass is 32.2. The maximum atomic E-state index is 10.9. The molecule has 1 aliphatic heterocycles. The van der Waals surface area contributed by atoms with E-state index in [9.17, 15) is 9.59 Å². The topological polar surface area (TPSA) is 63.5 Å². The van der Waals surface area contributed by atoms with Gasteiger partial charge in [-0.05, 0) is 19.0 Å². The SMILES string of the molecule is CNCSN1C=CC(=O)[N]C1=O. The predicted molar refractivity (Wildman–Crippen MR) is 45.0 cm³/mol. The molecule has 0 unspecified atom stereocenters. The smallest absolute Gasteiger partial charge is 0.309 e. The van der Waals surface area contributed by atoms with E-state index < -0.39 is 11.9 Å². The van der Waals surface area contributed by atoms with Crippen LogP contribution in [0.4, 0.5) is 4.79 Å². The zero-order valence-electron chi connectivity index (χ0n) is 6.48. The standard InChI is InChI=1S/C6H8N3O2S/c1-7-4-12-9-3-2-5(10)8-6(9)11/h2-3,7H,4H2,1H3. The van der Waals surface area contributed by atoms with Gasteiger partial charge >= 0.3 is 6.03 Å². The summed E-state index contributed by atoms with van der Waals surface area (Å²) >= 11 is 1.25. The van der Waals surface area contributed by atoms with Crippen LogP contribution in [0.3, 0.4) is 0 Å². The molecular formula is C6H8N3O2S. The average molecular weight is 186 g/mol. The molecule has 65 valence electrons. The second kappa shape index (κ2) is 4.13. The summed E-state index contributed by atoms with van der Waals surface area (Å²) in [6.45, 7) is 0. The summed E-state index contributed by atoms with van der Waals surface area (Å²) in [5, 5.41) is 6.09. The van der Waals surface area contributed by atoms with Gasteiger partial charge in [0.15, 0.2) is 0 Å². The van der Waals surface area contributed by atoms with Crippen LogP contribution in [0.25, 0.3) is 0 Å². The Morgan fingerprint density at radius 1 is 1.67 bits per heavy atom. The van der Waals surface area contributed by atoms with Crippen LogP contribution >= 0.6 is 11.9 Å². The van der Waals surface area contributed by atoms with E-state index in [4.69, 9.17) is 0 Å². The number of carbonyl (C=O) groups is 2. The Labute approximate surface area is 74.3 Å². The number of rotatable bonds is 3. The van der Waals surface area contributed by atoms with Crippen molar-refractivity contribution in [2.45, 2.75) is 0 Å². The van der Waals surface area contributed by atoms with Crippen molar-refractivity contribution < 1.29 is 9.59 Å². The third-order valence-corrected chi connectivity index (χ3v) is 2.07. The summed E-state index contributed by atoms with van der Waals surface area (Å²) in [7, 11) is 1.77. The Kier molecular flexibility index (Phi) is 3.12. The summed E-state index contributed by atoms with van der Waals surface area (Å²) in [6, 6.07) is -0.525. The van der Waals surface area contributed by atoms with Gasteiger partial charge in [-0.3, -0.25) is 4.79 Å². The maximum absolute atomic E-state index is 10.9. The summed E-state index contributed by atoms with van der Waals surface area (Å²) in [5.74, 6) is 0.0982. The van der Waals surface area contributed by atoms with E-state index in [0.29, 0.717) is 5.88 Å². The number of carbonyl (C=O) groups excluding carboxylic acids is 2. The second-order valence-corrected chi connectivity index (χ2v) is 2.94. The molecule has 0 atom stereocenters. The molecule has 0 aromatic heterocycles. The minimum Gasteiger partial charge on any atom is -0.309 e. The first-order valence-corrected chi connectivity index (χ1v) is 4.23. The van der Waals surface area contributed by atoms with E-state index in [1.807, 2.05) is 0 Å². The highest BCUT2D eigenvalue weighted by molar-refractivity contribution is 7.97. The molecule has 6 heteroatoms. The van der Waals surface area contributed by atoms with Gasteiger partial charge in [-0.25, -0.2) is 9.10 Å². The maximum Gasteiger partial charge on any atom is 0.361 e. The molecule has 1 heterocycles. The van der Waals surface area contributed by atoms with E-state index in [1.165, 1.54) is 28.5 Å². The van der Waals surface area contributed by atoms with Crippen LogP contribution in [0, 0.1) is 0 Å². The molecule has 1 radical (unpaired) electrons. The van der Waals surface area contributed by atoms with Gasteiger partial charge in [0, 0.05) is 12.3 Å². The number of nitrogens with one attached hydrogen (secondary N) is 1. The highest BCUT2D eigenvalue weighted by Gasteiger charge is 2.19. The van der Waals surface area contributed by atoms with Crippen molar-refractivity contribution in [2.24, 2.45) is 0 Å². The number of amides is 3. The number of hydrogen-bond acceptors (Lipinski definition) is 4. The summed E-state index contributed by atoms with van der Waals surface area (Å²) in [6.07, 6.45) is 2.67. The zero-order chi connectivity index (χ0) is 8.97. The lowest BCUT2D eigenvalue weighted by molar-refractivity contribution is -0.116. The monoisotopic (exact) mass is 186 g/mol. The summed E-state index contributed by atoms with van der Waals surface area (Å²) in [5.41, 5.74) is 0. The fourth-order valence-corrected chi connectivity index (χ4v) is 1.17. The normalized spacial score (nSPS) is 16.6. The molecule has 5 nitrogen and oxygen atoms in total. The Hall–Kier alpha value is -1.01. The summed E-state index contributed by atoms with van der Waals surface area (Å²) < 4.78 is 1.30. The first kappa shape index (κ1) is 9.08. The molecule has 0 aromatic carbocycles. The summed E-state index contributed by atoms with van der Waals surface area (Å²) in [4.78, 5) is 21.5. The van der Waals surface area contributed by atoms with E-state index in [0.717, 1.165) is 0 Å². The van der Waals surface area contributed by atoms with Crippen LogP contribution in [0.5, 0.6) is 0 Å². The van der Waals surface area contributed by atoms with Gasteiger partial charge in [0.2, 0.25) is 0 Å². The van der Waals surface area contributed by atoms with Gasteiger partial charge in [0.1, 0.15) is 0 Å². The van der Waals surface area contributed by atoms with E-state index in [2.05, 4.69) is 10.6 Å². The third kappa shape index (κ3) is 2.24. The number of nitrogens with zero attached hydrogens (tertiary/aromatic N) is 2. The highest BCUT2D eigenvalue weighted by Crippen LogP contribution is 2.11. The number of hydrogen-bond donors (Lipinski definition) is 1. The molecule has 0 saturated carbocycles. The lowest BCUT2D eigenvalue weighted by Crippen LogP contribution is -2.35. The predicted octanol–water partition coefficient (Wildman–Crippen LogP) is -0.108. The Morgan fingerprint density at radius 3 is 3.00 bits per heavy atom. The van der Waals surface area contributed by atoms with Gasteiger partial charge in [-0.2, -0.15) is 5.32 Å². The first-order chi connectivity index (χ1) is 5.74. The molecule has 12 heavy (non-hydrogen) atoms. The fourth-order valence-electron chi connectivity index (χ4n) is 0.608. The van der Waals surface area contributed by atoms with Crippen LogP contribution in [-0.4, -0.2) is 29.2 Å². The van der Waals surface area contributed by atoms with Gasteiger partial charge < -0.3 is 5.32 Å². The molecule has 0 aliphatic carbocycles. The quantitative estimate of drug-likeness (QED) is 0.493. The minimum atomic E-state index is -0.525. The molecular weight excluding hydrogens is 178 g/mol. The van der Waals surface area contributed by atoms with E-state index in [-0.39, 0.29) is 0 Å². The second-order valence-electron chi connectivity index (χ2n) is 2.00. The molecule has 0 bridgehead atoms. The van der Waals surface area contributed by atoms with Crippen LogP contribution in [0.15, 0.2) is 12.3 Å². The van der Waals surface area contributed by atoms with Crippen molar-refractivity contribution in [3.63, 3.8) is 0 Å². The van der Waals surface area contributed by atoms with Gasteiger partial charge in [0.25, 0.3) is 5.91 Å². The van der Waals surface area contributed by atoms with Crippen LogP contribution in [0.2, 0.25) is 0 Å². The Balaban J connectivity index is 2.48. The number of imide groups is 1. The van der Waals surface area contributed by atoms with E-state index in [1.54, 1.807) is 7.05 Å². The molecule has 3 amide bonds. The molecule has 0 fully saturated rings. The first-order valence-electron chi connectivity index (χ1n) is 3.28. The van der Waals surface area contributed by atoms with Crippen molar-refractivity contribution >= 4 is 23.9 Å². The van der Waals surface area contributed by atoms with Gasteiger partial charge in [-0.15, -0.1) is 0 Å². The zero-order valence-corrected chi connectivity index (χ0v) is 7.30. The van der Waals surface area contributed by atoms with Crippen LogP contribution in [0.1, 0.15) is 0 Å². The van der Waals surface area contributed by atoms with Gasteiger partial charge in [-0.1, -0.05) is 0 Å². The van der Waals surface area contributed by atoms with Crippen molar-refractivity contribution in [3.8, 4) is 0 Å². The van der Waals surface area contributed by atoms with Crippen molar-refractivity contribution in [1.29, 1.82) is 0 Å². The molecule has 1 N–H and O–H groups in total. The van der Waals surface area contributed by atoms with Crippen molar-refractivity contribution in [3.05, 3.63) is 12.3 Å². The fraction of sp³-hybridized carbons (Fsp3) is 0.333. The molecule has 1 rings (SSSR count). The lowest BCUT2D eigenvalue weighted by atomic mass is 10.5. The van der Waals surface area contributed by atoms with E-state index >= 15 is 0 Å². The van der Waals surface area contributed by atoms with Crippen molar-refractivity contribution in [1.82, 2.24) is 14.9 Å². The Morgan fingerprint density at radius 2 is 2.42 bits per heavy atom. The largest absolute Gasteiger partial charge is 0.361 e. The molecule has 0 saturated heterocycles. The molecule has 1 aliphatic rings. The van der Waals surface area contributed by atoms with Crippen molar-refractivity contribution in [2.75, 3.05) is 12.9 Å². The third-order valence-electron chi connectivity index (χ3n) is 1.09. The molecule has 0 aromatic rings. The minimum absolute atomic E-state index is 0.499. The Bertz CT molecular complexity index is 229. The van der Waals surface area contributed by atoms with Crippen LogP contribution < -0.4 is 10.6 Å². The average Bonchev–Trinajstić information content (AvgIpc) is 2.03. The molecule has 0 spiro atoms. The van der Waals surface area contributed by atoms with Gasteiger partial charge in [0.05, 0.1) is 5.88 Å². The van der Waals surface area contributed by atoms with Crippen LogP contribution in [-0.2, 0) is 4.79 Å². The number of urea groups is 1. The lowest BCUT2D eigenvalue weighted by Gasteiger charge is -2.17.